The summed E-state index contributed by atoms with van der Waals surface area (Å²) in [6.45, 7) is 0.385. The molecule has 1 fully saturated rings. The van der Waals surface area contributed by atoms with Gasteiger partial charge in [0.25, 0.3) is 5.91 Å². The molecule has 0 aromatic carbocycles. The Bertz CT molecular complexity index is 698. The highest BCUT2D eigenvalue weighted by Crippen LogP contribution is 2.25. The first-order valence-corrected chi connectivity index (χ1v) is 8.19. The molecule has 6 N–H and O–H groups in total. The van der Waals surface area contributed by atoms with Gasteiger partial charge in [-0.3, -0.25) is 9.79 Å². The molecule has 0 unspecified atom stereocenters. The first kappa shape index (κ1) is 16.4. The van der Waals surface area contributed by atoms with Crippen molar-refractivity contribution >= 4 is 23.6 Å². The van der Waals surface area contributed by atoms with Gasteiger partial charge in [0, 0.05) is 37.1 Å². The summed E-state index contributed by atoms with van der Waals surface area (Å²) in [5.74, 6) is 0.288. The van der Waals surface area contributed by atoms with Gasteiger partial charge in [0.15, 0.2) is 0 Å². The Labute approximate surface area is 140 Å². The van der Waals surface area contributed by atoms with Crippen LogP contribution in [0.15, 0.2) is 11.2 Å². The predicted molar refractivity (Wildman–Crippen MR) is 93.6 cm³/mol. The molecule has 1 aromatic heterocycles. The number of nitrogens with two attached hydrogens (primary N) is 2. The summed E-state index contributed by atoms with van der Waals surface area (Å²) in [6, 6.07) is 0.223. The lowest BCUT2D eigenvalue weighted by molar-refractivity contribution is 0.0965. The number of carbonyl (C=O) groups is 1. The minimum atomic E-state index is -0.190. The first-order chi connectivity index (χ1) is 11.6. The maximum Gasteiger partial charge on any atom is 0.255 e. The van der Waals surface area contributed by atoms with Gasteiger partial charge in [-0.1, -0.05) is 12.8 Å². The molecule has 2 heterocycles. The second-order valence-corrected chi connectivity index (χ2v) is 6.11. The zero-order chi connectivity index (χ0) is 17.1. The zero-order valence-corrected chi connectivity index (χ0v) is 13.7. The third kappa shape index (κ3) is 3.09. The summed E-state index contributed by atoms with van der Waals surface area (Å²) >= 11 is 0. The fourth-order valence-corrected chi connectivity index (χ4v) is 3.23. The van der Waals surface area contributed by atoms with Gasteiger partial charge < -0.3 is 22.1 Å². The largest absolute Gasteiger partial charge is 0.404 e. The predicted octanol–water partition coefficient (Wildman–Crippen LogP) is 0.402. The van der Waals surface area contributed by atoms with E-state index in [-0.39, 0.29) is 18.0 Å². The lowest BCUT2D eigenvalue weighted by atomic mass is 9.91. The van der Waals surface area contributed by atoms with E-state index in [4.69, 9.17) is 11.5 Å². The minimum absolute atomic E-state index is 0.0838. The van der Waals surface area contributed by atoms with Crippen LogP contribution in [0.1, 0.15) is 47.4 Å². The van der Waals surface area contributed by atoms with Crippen molar-refractivity contribution in [2.24, 2.45) is 16.5 Å². The highest BCUT2D eigenvalue weighted by atomic mass is 16.1. The summed E-state index contributed by atoms with van der Waals surface area (Å²) in [6.07, 6.45) is 7.26. The van der Waals surface area contributed by atoms with Crippen LogP contribution < -0.4 is 22.1 Å². The SMILES string of the molecule is CN=CC(=CN)c1nc(N[C@@H]2CCCC[C@@H]2N)nc2c1C(=O)NC2. The average Bonchev–Trinajstić information content (AvgIpc) is 2.95. The number of rotatable bonds is 4. The van der Waals surface area contributed by atoms with Gasteiger partial charge in [0.1, 0.15) is 0 Å². The van der Waals surface area contributed by atoms with Gasteiger partial charge in [0.05, 0.1) is 23.5 Å². The number of aromatic nitrogens is 2. The molecule has 0 spiro atoms. The molecule has 2 aliphatic rings. The maximum atomic E-state index is 12.1. The van der Waals surface area contributed by atoms with Crippen molar-refractivity contribution in [1.29, 1.82) is 0 Å². The number of carbonyl (C=O) groups excluding carboxylic acids is 1. The van der Waals surface area contributed by atoms with Crippen molar-refractivity contribution < 1.29 is 4.79 Å². The molecule has 128 valence electrons. The van der Waals surface area contributed by atoms with Crippen molar-refractivity contribution in [2.75, 3.05) is 12.4 Å². The average molecular weight is 329 g/mol. The van der Waals surface area contributed by atoms with Crippen LogP contribution in [-0.2, 0) is 6.54 Å². The fraction of sp³-hybridized carbons (Fsp3) is 0.500. The number of nitrogens with one attached hydrogen (secondary N) is 2. The van der Waals surface area contributed by atoms with E-state index in [2.05, 4.69) is 25.6 Å². The van der Waals surface area contributed by atoms with E-state index in [9.17, 15) is 4.79 Å². The summed E-state index contributed by atoms with van der Waals surface area (Å²) < 4.78 is 0. The third-order valence-electron chi connectivity index (χ3n) is 4.48. The molecule has 8 heteroatoms. The molecule has 1 saturated carbocycles. The van der Waals surface area contributed by atoms with Gasteiger partial charge >= 0.3 is 0 Å². The summed E-state index contributed by atoms with van der Waals surface area (Å²) in [4.78, 5) is 25.1. The van der Waals surface area contributed by atoms with E-state index in [1.165, 1.54) is 6.20 Å². The number of amides is 1. The van der Waals surface area contributed by atoms with Crippen LogP contribution in [0, 0.1) is 0 Å². The molecule has 0 bridgehead atoms. The standard InChI is InChI=1S/C16H23N7O/c1-19-7-9(6-17)14-13-12(8-20-15(13)24)22-16(23-14)21-11-5-3-2-4-10(11)18/h6-7,10-11H,2-5,8,17-18H2,1H3,(H,20,24)(H,21,22,23)/t10-,11+/m0/s1. The van der Waals surface area contributed by atoms with Crippen molar-refractivity contribution in [3.8, 4) is 0 Å². The highest BCUT2D eigenvalue weighted by Gasteiger charge is 2.29. The molecule has 1 amide bonds. The Morgan fingerprint density at radius 3 is 2.88 bits per heavy atom. The van der Waals surface area contributed by atoms with E-state index >= 15 is 0 Å². The number of nitrogens with zero attached hydrogens (tertiary/aromatic N) is 3. The number of fused-ring (bicyclic) bond motifs is 1. The molecule has 1 aromatic rings. The van der Waals surface area contributed by atoms with Gasteiger partial charge in [-0.2, -0.15) is 0 Å². The third-order valence-corrected chi connectivity index (χ3v) is 4.48. The molecular formula is C16H23N7O. The number of anilines is 1. The van der Waals surface area contributed by atoms with Crippen LogP contribution in [0.5, 0.6) is 0 Å². The van der Waals surface area contributed by atoms with Gasteiger partial charge in [0.2, 0.25) is 5.95 Å². The van der Waals surface area contributed by atoms with Crippen LogP contribution in [0.4, 0.5) is 5.95 Å². The molecule has 1 aliphatic heterocycles. The van der Waals surface area contributed by atoms with Crippen molar-refractivity contribution in [3.05, 3.63) is 23.2 Å². The molecule has 24 heavy (non-hydrogen) atoms. The second-order valence-electron chi connectivity index (χ2n) is 6.11. The minimum Gasteiger partial charge on any atom is -0.404 e. The van der Waals surface area contributed by atoms with E-state index in [1.54, 1.807) is 13.3 Å². The lowest BCUT2D eigenvalue weighted by Gasteiger charge is -2.29. The topological polar surface area (TPSA) is 131 Å². The number of hydrogen-bond donors (Lipinski definition) is 4. The molecule has 1 aliphatic carbocycles. The van der Waals surface area contributed by atoms with Crippen LogP contribution in [0.2, 0.25) is 0 Å². The van der Waals surface area contributed by atoms with E-state index in [0.29, 0.717) is 35.0 Å². The fourth-order valence-electron chi connectivity index (χ4n) is 3.23. The van der Waals surface area contributed by atoms with Gasteiger partial charge in [-0.15, -0.1) is 0 Å². The summed E-state index contributed by atoms with van der Waals surface area (Å²) in [7, 11) is 1.64. The van der Waals surface area contributed by atoms with Gasteiger partial charge in [-0.05, 0) is 12.8 Å². The normalized spacial score (nSPS) is 24.1. The van der Waals surface area contributed by atoms with Crippen LogP contribution in [0.25, 0.3) is 5.57 Å². The Hall–Kier alpha value is -2.48. The van der Waals surface area contributed by atoms with Gasteiger partial charge in [-0.25, -0.2) is 9.97 Å². The molecular weight excluding hydrogens is 306 g/mol. The van der Waals surface area contributed by atoms with Crippen molar-refractivity contribution in [1.82, 2.24) is 15.3 Å². The Kier molecular flexibility index (Phi) is 4.75. The van der Waals surface area contributed by atoms with Crippen molar-refractivity contribution in [3.63, 3.8) is 0 Å². The first-order valence-electron chi connectivity index (χ1n) is 8.19. The molecule has 0 radical (unpaired) electrons. The molecule has 8 nitrogen and oxygen atoms in total. The van der Waals surface area contributed by atoms with Crippen LogP contribution in [0.3, 0.4) is 0 Å². The lowest BCUT2D eigenvalue weighted by Crippen LogP contribution is -2.43. The van der Waals surface area contributed by atoms with Crippen LogP contribution >= 0.6 is 0 Å². The summed E-state index contributed by atoms with van der Waals surface area (Å²) in [5.41, 5.74) is 14.1. The van der Waals surface area contributed by atoms with E-state index < -0.39 is 0 Å². The van der Waals surface area contributed by atoms with Crippen LogP contribution in [-0.4, -0.2) is 41.2 Å². The smallest absolute Gasteiger partial charge is 0.255 e. The monoisotopic (exact) mass is 329 g/mol. The zero-order valence-electron chi connectivity index (χ0n) is 13.7. The van der Waals surface area contributed by atoms with Crippen molar-refractivity contribution in [2.45, 2.75) is 44.3 Å². The molecule has 2 atom stereocenters. The molecule has 0 saturated heterocycles. The molecule has 3 rings (SSSR count). The van der Waals surface area contributed by atoms with E-state index in [0.717, 1.165) is 25.7 Å². The Balaban J connectivity index is 1.98. The van der Waals surface area contributed by atoms with E-state index in [1.807, 2.05) is 0 Å². The number of aliphatic imine (C=N–C) groups is 1. The highest BCUT2D eigenvalue weighted by molar-refractivity contribution is 6.14. The quantitative estimate of drug-likeness (QED) is 0.591. The number of allylic oxidation sites excluding steroid dienone is 1. The Morgan fingerprint density at radius 1 is 1.38 bits per heavy atom. The Morgan fingerprint density at radius 2 is 2.17 bits per heavy atom. The summed E-state index contributed by atoms with van der Waals surface area (Å²) in [5, 5.41) is 6.12. The maximum absolute atomic E-state index is 12.1. The number of hydrogen-bond acceptors (Lipinski definition) is 7. The second kappa shape index (κ2) is 6.96.